The first-order valence-corrected chi connectivity index (χ1v) is 5.82. The molecule has 5 heteroatoms. The van der Waals surface area contributed by atoms with Gasteiger partial charge in [-0.1, -0.05) is 30.1 Å². The first-order chi connectivity index (χ1) is 7.59. The van der Waals surface area contributed by atoms with Gasteiger partial charge in [-0.15, -0.1) is 0 Å². The minimum atomic E-state index is -0.177. The van der Waals surface area contributed by atoms with Gasteiger partial charge in [-0.05, 0) is 30.1 Å². The average molecular weight is 252 g/mol. The quantitative estimate of drug-likeness (QED) is 0.359. The van der Waals surface area contributed by atoms with Gasteiger partial charge in [0.25, 0.3) is 5.91 Å². The molecule has 1 fully saturated rings. The largest absolute Gasteiger partial charge is 0.383 e. The fraction of sp³-hybridized carbons (Fsp3) is 0.182. The molecule has 0 spiro atoms. The molecule has 0 bridgehead atoms. The van der Waals surface area contributed by atoms with Crippen molar-refractivity contribution in [2.75, 3.05) is 14.1 Å². The molecule has 1 saturated heterocycles. The van der Waals surface area contributed by atoms with Crippen LogP contribution < -0.4 is 5.32 Å². The number of thioether (sulfide) groups is 1. The van der Waals surface area contributed by atoms with E-state index in [0.29, 0.717) is 9.23 Å². The Kier molecular flexibility index (Phi) is 5.05. The Hall–Kier alpha value is -1.29. The van der Waals surface area contributed by atoms with Crippen molar-refractivity contribution in [3.8, 4) is 0 Å². The fourth-order valence-corrected chi connectivity index (χ4v) is 1.82. The number of amides is 1. The van der Waals surface area contributed by atoms with Crippen LogP contribution in [0.3, 0.4) is 0 Å². The van der Waals surface area contributed by atoms with Gasteiger partial charge in [0.2, 0.25) is 0 Å². The van der Waals surface area contributed by atoms with Crippen molar-refractivity contribution in [2.24, 2.45) is 0 Å². The van der Waals surface area contributed by atoms with Gasteiger partial charge >= 0.3 is 0 Å². The van der Waals surface area contributed by atoms with Crippen LogP contribution >= 0.6 is 24.0 Å². The van der Waals surface area contributed by atoms with E-state index >= 15 is 0 Å². The number of hydrogen-bond donors (Lipinski definition) is 1. The predicted molar refractivity (Wildman–Crippen MR) is 71.9 cm³/mol. The first kappa shape index (κ1) is 12.8. The summed E-state index contributed by atoms with van der Waals surface area (Å²) in [7, 11) is 3.89. The summed E-state index contributed by atoms with van der Waals surface area (Å²) in [6.07, 6.45) is 9.18. The maximum atomic E-state index is 11.2. The normalized spacial score (nSPS) is 15.8. The first-order valence-electron chi connectivity index (χ1n) is 4.59. The Balaban J connectivity index is 2.57. The van der Waals surface area contributed by atoms with Crippen molar-refractivity contribution >= 4 is 34.2 Å². The van der Waals surface area contributed by atoms with Crippen LogP contribution in [0.2, 0.25) is 0 Å². The van der Waals surface area contributed by atoms with Crippen LogP contribution in [0, 0.1) is 0 Å². The summed E-state index contributed by atoms with van der Waals surface area (Å²) in [5.74, 6) is -0.177. The Labute approximate surface area is 105 Å². The predicted octanol–water partition coefficient (Wildman–Crippen LogP) is 1.80. The Bertz CT molecular complexity index is 416. The Morgan fingerprint density at radius 3 is 2.69 bits per heavy atom. The van der Waals surface area contributed by atoms with Gasteiger partial charge in [0, 0.05) is 14.1 Å². The molecule has 1 aliphatic heterocycles. The second-order valence-corrected chi connectivity index (χ2v) is 4.86. The Morgan fingerprint density at radius 1 is 1.38 bits per heavy atom. The van der Waals surface area contributed by atoms with Crippen LogP contribution in [-0.4, -0.2) is 29.2 Å². The zero-order valence-corrected chi connectivity index (χ0v) is 10.7. The summed E-state index contributed by atoms with van der Waals surface area (Å²) < 4.78 is 0.484. The molecule has 84 valence electrons. The maximum absolute atomic E-state index is 11.2. The van der Waals surface area contributed by atoms with Crippen LogP contribution in [0.25, 0.3) is 0 Å². The number of rotatable bonds is 3. The van der Waals surface area contributed by atoms with E-state index in [1.54, 1.807) is 6.08 Å². The third-order valence-corrected chi connectivity index (χ3v) is 2.68. The van der Waals surface area contributed by atoms with E-state index in [1.165, 1.54) is 11.8 Å². The molecule has 1 N–H and O–H groups in total. The summed E-state index contributed by atoms with van der Waals surface area (Å²) in [6, 6.07) is 0. The van der Waals surface area contributed by atoms with Crippen molar-refractivity contribution in [1.82, 2.24) is 10.2 Å². The molecular weight excluding hydrogens is 240 g/mol. The van der Waals surface area contributed by atoms with Crippen LogP contribution in [0.4, 0.5) is 0 Å². The van der Waals surface area contributed by atoms with Gasteiger partial charge in [0.15, 0.2) is 0 Å². The molecule has 0 aromatic heterocycles. The zero-order chi connectivity index (χ0) is 12.0. The second-order valence-electron chi connectivity index (χ2n) is 3.17. The average Bonchev–Trinajstić information content (AvgIpc) is 2.50. The van der Waals surface area contributed by atoms with Crippen LogP contribution in [-0.2, 0) is 4.79 Å². The van der Waals surface area contributed by atoms with Gasteiger partial charge in [-0.2, -0.15) is 0 Å². The minimum Gasteiger partial charge on any atom is -0.383 e. The van der Waals surface area contributed by atoms with E-state index in [2.05, 4.69) is 11.0 Å². The van der Waals surface area contributed by atoms with Crippen molar-refractivity contribution in [3.05, 3.63) is 41.1 Å². The van der Waals surface area contributed by atoms with E-state index < -0.39 is 0 Å². The third kappa shape index (κ3) is 4.49. The Morgan fingerprint density at radius 2 is 2.12 bits per heavy atom. The van der Waals surface area contributed by atoms with Gasteiger partial charge in [-0.3, -0.25) is 4.79 Å². The molecule has 0 unspecified atom stereocenters. The summed E-state index contributed by atoms with van der Waals surface area (Å²) in [5, 5.41) is 2.53. The van der Waals surface area contributed by atoms with Gasteiger partial charge < -0.3 is 10.2 Å². The zero-order valence-electron chi connectivity index (χ0n) is 9.06. The number of carbonyl (C=O) groups is 1. The maximum Gasteiger partial charge on any atom is 0.271 e. The number of nitrogens with one attached hydrogen (secondary N) is 1. The van der Waals surface area contributed by atoms with Gasteiger partial charge in [0.05, 0.1) is 0 Å². The lowest BCUT2D eigenvalue weighted by molar-refractivity contribution is -0.115. The smallest absolute Gasteiger partial charge is 0.271 e. The molecule has 1 aliphatic rings. The molecule has 3 nitrogen and oxygen atoms in total. The summed E-state index contributed by atoms with van der Waals surface area (Å²) in [5.41, 5.74) is 2.87. The lowest BCUT2D eigenvalue weighted by Gasteiger charge is -2.00. The molecule has 16 heavy (non-hydrogen) atoms. The highest BCUT2D eigenvalue weighted by Crippen LogP contribution is 2.21. The molecule has 0 aromatic rings. The topological polar surface area (TPSA) is 32.3 Å². The number of allylic oxidation sites excluding steroid dienone is 3. The lowest BCUT2D eigenvalue weighted by Crippen LogP contribution is -2.17. The van der Waals surface area contributed by atoms with E-state index in [0.717, 1.165) is 0 Å². The SMILES string of the molecule is CN(C)/C=C/C=C/C=C=C1SC(=S)NC1=O. The number of thiocarbonyl (C=S) groups is 1. The highest BCUT2D eigenvalue weighted by molar-refractivity contribution is 8.26. The molecule has 0 atom stereocenters. The molecule has 0 aromatic carbocycles. The van der Waals surface area contributed by atoms with E-state index in [9.17, 15) is 4.79 Å². The van der Waals surface area contributed by atoms with Gasteiger partial charge in [-0.25, -0.2) is 0 Å². The molecular formula is C11H12N2OS2. The van der Waals surface area contributed by atoms with Crippen LogP contribution in [0.1, 0.15) is 0 Å². The number of carbonyl (C=O) groups excluding carboxylic acids is 1. The standard InChI is InChI=1S/C11H12N2OS2/c1-13(2)8-6-4-3-5-7-9-10(14)12-11(15)16-9/h3-6,8H,1-2H3,(H,12,14,15)/b4-3+,8-6+. The molecule has 0 aliphatic carbocycles. The molecule has 0 saturated carbocycles. The molecule has 0 radical (unpaired) electrons. The van der Waals surface area contributed by atoms with Crippen molar-refractivity contribution in [2.45, 2.75) is 0 Å². The molecule has 1 amide bonds. The number of nitrogens with zero attached hydrogens (tertiary/aromatic N) is 1. The molecule has 1 heterocycles. The highest BCUT2D eigenvalue weighted by atomic mass is 32.2. The minimum absolute atomic E-state index is 0.177. The van der Waals surface area contributed by atoms with E-state index in [-0.39, 0.29) is 5.91 Å². The number of hydrogen-bond acceptors (Lipinski definition) is 4. The lowest BCUT2D eigenvalue weighted by atomic mass is 10.4. The summed E-state index contributed by atoms with van der Waals surface area (Å²) in [6.45, 7) is 0. The second kappa shape index (κ2) is 6.33. The fourth-order valence-electron chi connectivity index (χ4n) is 0.874. The van der Waals surface area contributed by atoms with Crippen LogP contribution in [0.5, 0.6) is 0 Å². The van der Waals surface area contributed by atoms with Crippen molar-refractivity contribution < 1.29 is 4.79 Å². The van der Waals surface area contributed by atoms with Gasteiger partial charge in [0.1, 0.15) is 9.23 Å². The monoisotopic (exact) mass is 252 g/mol. The summed E-state index contributed by atoms with van der Waals surface area (Å²) in [4.78, 5) is 13.7. The van der Waals surface area contributed by atoms with Crippen LogP contribution in [0.15, 0.2) is 41.1 Å². The third-order valence-electron chi connectivity index (χ3n) is 1.53. The van der Waals surface area contributed by atoms with Crippen molar-refractivity contribution in [3.63, 3.8) is 0 Å². The summed E-state index contributed by atoms with van der Waals surface area (Å²) >= 11 is 6.07. The van der Waals surface area contributed by atoms with E-state index in [1.807, 2.05) is 43.4 Å². The highest BCUT2D eigenvalue weighted by Gasteiger charge is 2.21. The van der Waals surface area contributed by atoms with E-state index in [4.69, 9.17) is 12.2 Å². The van der Waals surface area contributed by atoms with Crippen molar-refractivity contribution in [1.29, 1.82) is 0 Å². The molecule has 1 rings (SSSR count).